The Kier molecular flexibility index (Phi) is 31.6. The molecule has 2 aromatic carbocycles. The van der Waals surface area contributed by atoms with Gasteiger partial charge in [-0.15, -0.1) is 22.7 Å². The monoisotopic (exact) mass is 1700 g/mol. The Bertz CT molecular complexity index is 5010. The number of amides is 2. The quantitative estimate of drug-likeness (QED) is 0.0547. The predicted molar refractivity (Wildman–Crippen MR) is 443 cm³/mol. The molecule has 16 rings (SSSR count). The number of carbonyl (C=O) groups excluding carboxylic acids is 2. The summed E-state index contributed by atoms with van der Waals surface area (Å²) in [4.78, 5) is 92.4. The zero-order chi connectivity index (χ0) is 82.8. The van der Waals surface area contributed by atoms with Crippen molar-refractivity contribution in [2.75, 3.05) is 163 Å². The van der Waals surface area contributed by atoms with Crippen molar-refractivity contribution in [2.45, 2.75) is 45.6 Å². The van der Waals surface area contributed by atoms with Crippen molar-refractivity contribution in [3.63, 3.8) is 0 Å². The number of rotatable bonds is 10. The fourth-order valence-electron chi connectivity index (χ4n) is 12.3. The number of ether oxygens (including phenoxy) is 3. The van der Waals surface area contributed by atoms with Crippen molar-refractivity contribution in [2.24, 2.45) is 0 Å². The van der Waals surface area contributed by atoms with Gasteiger partial charge in [0, 0.05) is 137 Å². The van der Waals surface area contributed by atoms with Gasteiger partial charge < -0.3 is 76.1 Å². The van der Waals surface area contributed by atoms with Gasteiger partial charge in [0.05, 0.1) is 93.9 Å². The minimum atomic E-state index is -1.22. The molecular weight excluding hydrogens is 1610 g/mol. The largest absolute Gasteiger partial charge is 0.497 e. The average molecular weight is 1700 g/mol. The van der Waals surface area contributed by atoms with Crippen LogP contribution in [0.5, 0.6) is 11.5 Å². The number of carboxylic acid groups (broad SMARTS) is 1. The van der Waals surface area contributed by atoms with E-state index in [0.717, 1.165) is 95.6 Å². The Morgan fingerprint density at radius 2 is 0.784 bits per heavy atom. The minimum absolute atomic E-state index is 0.174. The van der Waals surface area contributed by atoms with Crippen LogP contribution in [0.3, 0.4) is 0 Å². The Balaban J connectivity index is 0.000000152. The highest BCUT2D eigenvalue weighted by Crippen LogP contribution is 2.31. The molecule has 614 valence electrons. The third-order valence-electron chi connectivity index (χ3n) is 18.3. The highest BCUT2D eigenvalue weighted by atomic mass is 79.9. The van der Waals surface area contributed by atoms with Crippen molar-refractivity contribution in [3.8, 4) is 22.9 Å². The lowest BCUT2D eigenvalue weighted by Gasteiger charge is -2.36. The zero-order valence-corrected chi connectivity index (χ0v) is 67.7. The first-order valence-corrected chi connectivity index (χ1v) is 39.6. The summed E-state index contributed by atoms with van der Waals surface area (Å²) in [6.45, 7) is 20.4. The number of hydrogen-bond donors (Lipinski definition) is 6. The number of piperazine rings is 4. The van der Waals surface area contributed by atoms with E-state index < -0.39 is 46.9 Å². The standard InChI is InChI=1S/C23H21FN6O3S.C14H20FN3O2.C14H11N3O4S.2C9H12FN3.C5H3BrFN.C5H11N/c1-33-16-5-2-14(3-6-16)30-22(31)19-17(13-34-21(19)25)20(27-30)23(32)29-10-8-28(9-11-29)15-4-7-18(24)26-12-15;1-14(2,3)20-13(19)18-8-6-17(7-9-18)11-4-5-12(15)16-10-11;1-21-8-4-2-7(3-5-8)17-13(18)10-9(6-22-12(10)15)11(16-17)14(19)20;2*10-9-2-1-8(7-12-9)13-5-3-11-4-6-13;6-4-1-2-5(7)8-3-4;1-2-4-6-5-3-1/h2-7,12-13H,8-11,25H2,1H3;4-5,10H,6-9H2,1-3H3;2-6H,15H2,1H3,(H,19,20);2*1-2,7,11H,3-6H2;1-3H;6H,1-5H2. The number of benzene rings is 2. The first-order chi connectivity index (χ1) is 55.8. The average Bonchev–Trinajstić information content (AvgIpc) is 1.75. The van der Waals surface area contributed by atoms with Gasteiger partial charge in [0.2, 0.25) is 29.7 Å². The maximum Gasteiger partial charge on any atom is 0.410 e. The van der Waals surface area contributed by atoms with Gasteiger partial charge in [-0.2, -0.15) is 41.5 Å². The molecule has 0 saturated carbocycles. The number of carboxylic acids is 1. The van der Waals surface area contributed by atoms with Gasteiger partial charge in [-0.25, -0.2) is 34.5 Å². The van der Waals surface area contributed by atoms with Crippen LogP contribution in [0.15, 0.2) is 165 Å². The van der Waals surface area contributed by atoms with Gasteiger partial charge in [0.15, 0.2) is 11.4 Å². The van der Waals surface area contributed by atoms with E-state index in [-0.39, 0.29) is 50.1 Å². The number of aromatic nitrogens is 9. The van der Waals surface area contributed by atoms with Crippen LogP contribution in [-0.4, -0.2) is 215 Å². The number of carbonyl (C=O) groups is 3. The molecule has 116 heavy (non-hydrogen) atoms. The molecule has 5 aliphatic rings. The summed E-state index contributed by atoms with van der Waals surface area (Å²) in [5.41, 5.74) is 15.2. The van der Waals surface area contributed by atoms with Gasteiger partial charge >= 0.3 is 12.1 Å². The number of nitrogens with zero attached hydrogens (tertiary/aromatic N) is 15. The summed E-state index contributed by atoms with van der Waals surface area (Å²) in [5.74, 6) is -2.54. The van der Waals surface area contributed by atoms with E-state index in [1.807, 2.05) is 25.7 Å². The molecule has 5 fully saturated rings. The summed E-state index contributed by atoms with van der Waals surface area (Å²) in [6.07, 6.45) is 11.5. The highest BCUT2D eigenvalue weighted by Gasteiger charge is 2.30. The Morgan fingerprint density at radius 1 is 0.448 bits per heavy atom. The minimum Gasteiger partial charge on any atom is -0.497 e. The summed E-state index contributed by atoms with van der Waals surface area (Å²) in [7, 11) is 3.08. The first-order valence-electron chi connectivity index (χ1n) is 37.1. The van der Waals surface area contributed by atoms with Gasteiger partial charge in [-0.05, 0) is 172 Å². The van der Waals surface area contributed by atoms with Crippen LogP contribution < -0.4 is 67.6 Å². The normalized spacial score (nSPS) is 14.7. The SMILES string of the molecule is C1CCNCC1.CC(C)(C)OC(=O)N1CCN(c2ccc(F)nc2)CC1.COc1ccc(-n2nc(C(=O)N3CCN(c4ccc(F)nc4)CC3)c3csc(N)c3c2=O)cc1.COc1ccc(-n2nc(C(=O)O)c3csc(N)c3c2=O)cc1.Fc1ccc(Br)cn1.Fc1ccc(N2CCNCC2)cn1.Fc1ccc(N2CCNCC2)cn1. The first kappa shape index (κ1) is 86.9. The molecule has 14 heterocycles. The number of thiophene rings is 2. The van der Waals surface area contributed by atoms with Crippen molar-refractivity contribution >= 4 is 111 Å². The summed E-state index contributed by atoms with van der Waals surface area (Å²) in [5, 5.41) is 32.5. The highest BCUT2D eigenvalue weighted by molar-refractivity contribution is 9.10. The smallest absolute Gasteiger partial charge is 0.410 e. The number of halogens is 6. The van der Waals surface area contributed by atoms with Crippen LogP contribution in [0.4, 0.5) is 59.5 Å². The van der Waals surface area contributed by atoms with E-state index in [1.54, 1.807) is 114 Å². The zero-order valence-electron chi connectivity index (χ0n) is 64.4. The fourth-order valence-corrected chi connectivity index (χ4v) is 14.1. The predicted octanol–water partition coefficient (Wildman–Crippen LogP) is 10.6. The number of hydrogen-bond acceptors (Lipinski definition) is 26. The Labute approximate surface area is 681 Å². The molecule has 9 aromatic heterocycles. The lowest BCUT2D eigenvalue weighted by Crippen LogP contribution is -2.50. The van der Waals surface area contributed by atoms with E-state index in [2.05, 4.69) is 81.7 Å². The number of anilines is 6. The van der Waals surface area contributed by atoms with Crippen molar-refractivity contribution in [1.29, 1.82) is 0 Å². The van der Waals surface area contributed by atoms with Crippen molar-refractivity contribution in [1.82, 2.24) is 70.2 Å². The van der Waals surface area contributed by atoms with Gasteiger partial charge in [0.1, 0.15) is 17.1 Å². The van der Waals surface area contributed by atoms with Crippen LogP contribution in [0.2, 0.25) is 0 Å². The van der Waals surface area contributed by atoms with E-state index >= 15 is 0 Å². The number of fused-ring (bicyclic) bond motifs is 2. The molecule has 29 nitrogen and oxygen atoms in total. The van der Waals surface area contributed by atoms with E-state index in [9.17, 15) is 51.0 Å². The summed E-state index contributed by atoms with van der Waals surface area (Å²) < 4.78 is 81.5. The third kappa shape index (κ3) is 24.5. The molecule has 0 spiro atoms. The molecule has 37 heteroatoms. The van der Waals surface area contributed by atoms with E-state index in [4.69, 9.17) is 25.7 Å². The second kappa shape index (κ2) is 42.2. The van der Waals surface area contributed by atoms with Crippen molar-refractivity contribution in [3.05, 3.63) is 217 Å². The molecule has 2 amide bonds. The molecule has 0 aliphatic carbocycles. The molecular formula is C79H90BrF5N20O9S2. The van der Waals surface area contributed by atoms with Gasteiger partial charge in [0.25, 0.3) is 17.0 Å². The van der Waals surface area contributed by atoms with Crippen molar-refractivity contribution < 1.29 is 55.7 Å². The molecule has 0 radical (unpaired) electrons. The lowest BCUT2D eigenvalue weighted by atomic mass is 10.2. The van der Waals surface area contributed by atoms with Gasteiger partial charge in [-0.3, -0.25) is 14.4 Å². The van der Waals surface area contributed by atoms with E-state index in [0.29, 0.717) is 85.6 Å². The number of methoxy groups -OCH3 is 2. The lowest BCUT2D eigenvalue weighted by molar-refractivity contribution is 0.0240. The van der Waals surface area contributed by atoms with Crippen LogP contribution in [0.1, 0.15) is 61.0 Å². The number of pyridine rings is 5. The summed E-state index contributed by atoms with van der Waals surface area (Å²) in [6, 6.07) is 28.7. The van der Waals surface area contributed by atoms with Crippen LogP contribution in [0, 0.1) is 29.7 Å². The van der Waals surface area contributed by atoms with Crippen LogP contribution >= 0.6 is 38.6 Å². The number of nitrogen functional groups attached to an aromatic ring is 2. The number of piperidine rings is 1. The number of nitrogens with two attached hydrogens (primary N) is 2. The number of nitrogens with one attached hydrogen (secondary N) is 3. The molecule has 8 N–H and O–H groups in total. The Morgan fingerprint density at radius 3 is 1.09 bits per heavy atom. The molecule has 5 saturated heterocycles. The Hall–Kier alpha value is -11.5. The molecule has 0 bridgehead atoms. The maximum atomic E-state index is 13.5. The second-order valence-electron chi connectivity index (χ2n) is 27.3. The molecule has 0 unspecified atom stereocenters. The second-order valence-corrected chi connectivity index (χ2v) is 30.0. The molecule has 5 aliphatic heterocycles. The summed E-state index contributed by atoms with van der Waals surface area (Å²) >= 11 is 5.44. The van der Waals surface area contributed by atoms with Crippen LogP contribution in [-0.2, 0) is 4.74 Å². The topological polar surface area (TPSA) is 341 Å². The molecule has 0 atom stereocenters. The van der Waals surface area contributed by atoms with E-state index in [1.165, 1.54) is 110 Å². The fraction of sp³-hybridized carbons (Fsp3) is 0.342. The molecule has 11 aromatic rings. The third-order valence-corrected chi connectivity index (χ3v) is 20.4. The van der Waals surface area contributed by atoms with Crippen LogP contribution in [0.25, 0.3) is 32.9 Å². The maximum absolute atomic E-state index is 13.5. The van der Waals surface area contributed by atoms with Gasteiger partial charge in [-0.1, -0.05) is 6.42 Å². The number of aromatic carboxylic acids is 1.